The Kier molecular flexibility index (Phi) is 5.00. The number of rotatable bonds is 5. The van der Waals surface area contributed by atoms with Crippen molar-refractivity contribution in [2.75, 3.05) is 11.1 Å². The van der Waals surface area contributed by atoms with E-state index in [2.05, 4.69) is 10.3 Å². The second-order valence-electron chi connectivity index (χ2n) is 5.25. The first-order chi connectivity index (χ1) is 10.8. The van der Waals surface area contributed by atoms with Gasteiger partial charge in [-0.15, -0.1) is 0 Å². The molecule has 0 spiro atoms. The molecule has 1 aromatic heterocycles. The molecule has 0 aliphatic carbocycles. The maximum Gasteiger partial charge on any atom is 0.248 e. The molecule has 0 radical (unpaired) electrons. The molecule has 0 aliphatic heterocycles. The fourth-order valence-corrected chi connectivity index (χ4v) is 3.48. The maximum atomic E-state index is 12.1. The van der Waals surface area contributed by atoms with Crippen LogP contribution in [0, 0.1) is 13.8 Å². The van der Waals surface area contributed by atoms with Crippen molar-refractivity contribution in [2.24, 2.45) is 0 Å². The average molecular weight is 334 g/mol. The van der Waals surface area contributed by atoms with Gasteiger partial charge in [0.05, 0.1) is 16.3 Å². The van der Waals surface area contributed by atoms with Gasteiger partial charge in [-0.1, -0.05) is 18.2 Å². The molecule has 0 aliphatic rings. The van der Waals surface area contributed by atoms with E-state index in [0.717, 1.165) is 0 Å². The van der Waals surface area contributed by atoms with Crippen LogP contribution in [0.2, 0.25) is 0 Å². The standard InChI is InChI=1S/C16H18N2O4S/c1-11-10-15(20)17-12(2)16(11)18-14(19)8-9-23(21,22)13-6-4-3-5-7-13/h3-7,10H,8-9H2,1-2H3,(H,17,20)(H,18,19). The molecule has 2 N–H and O–H groups in total. The molecule has 2 aromatic rings. The summed E-state index contributed by atoms with van der Waals surface area (Å²) in [6.07, 6.45) is -0.158. The number of amides is 1. The van der Waals surface area contributed by atoms with Gasteiger partial charge in [-0.05, 0) is 31.5 Å². The van der Waals surface area contributed by atoms with Crippen LogP contribution in [0.15, 0.2) is 46.1 Å². The number of H-pyrrole nitrogens is 1. The van der Waals surface area contributed by atoms with Crippen LogP contribution in [0.25, 0.3) is 0 Å². The van der Waals surface area contributed by atoms with Gasteiger partial charge >= 0.3 is 0 Å². The Hall–Kier alpha value is -2.41. The number of carbonyl (C=O) groups excluding carboxylic acids is 1. The fraction of sp³-hybridized carbons (Fsp3) is 0.250. The topological polar surface area (TPSA) is 96.1 Å². The van der Waals surface area contributed by atoms with Crippen molar-refractivity contribution in [1.82, 2.24) is 4.98 Å². The van der Waals surface area contributed by atoms with Gasteiger partial charge in [0, 0.05) is 18.2 Å². The number of hydrogen-bond donors (Lipinski definition) is 2. The van der Waals surface area contributed by atoms with E-state index >= 15 is 0 Å². The van der Waals surface area contributed by atoms with Crippen LogP contribution in [0.5, 0.6) is 0 Å². The quantitative estimate of drug-likeness (QED) is 0.871. The number of anilines is 1. The number of sulfone groups is 1. The third-order valence-electron chi connectivity index (χ3n) is 3.39. The van der Waals surface area contributed by atoms with Crippen LogP contribution in [-0.4, -0.2) is 25.1 Å². The summed E-state index contributed by atoms with van der Waals surface area (Å²) in [6.45, 7) is 3.38. The van der Waals surface area contributed by atoms with Crippen molar-refractivity contribution in [3.8, 4) is 0 Å². The Morgan fingerprint density at radius 1 is 1.17 bits per heavy atom. The van der Waals surface area contributed by atoms with Crippen LogP contribution >= 0.6 is 0 Å². The molecule has 0 atom stereocenters. The van der Waals surface area contributed by atoms with E-state index in [1.807, 2.05) is 0 Å². The Labute approximate surface area is 134 Å². The predicted octanol–water partition coefficient (Wildman–Crippen LogP) is 1.79. The maximum absolute atomic E-state index is 12.1. The highest BCUT2D eigenvalue weighted by Gasteiger charge is 2.17. The minimum atomic E-state index is -3.49. The Morgan fingerprint density at radius 2 is 1.83 bits per heavy atom. The number of carbonyl (C=O) groups is 1. The number of benzene rings is 1. The lowest BCUT2D eigenvalue weighted by molar-refractivity contribution is -0.115. The molecule has 7 heteroatoms. The predicted molar refractivity (Wildman–Crippen MR) is 88.3 cm³/mol. The van der Waals surface area contributed by atoms with Gasteiger partial charge in [0.25, 0.3) is 0 Å². The fourth-order valence-electron chi connectivity index (χ4n) is 2.21. The van der Waals surface area contributed by atoms with Gasteiger partial charge < -0.3 is 10.3 Å². The molecule has 2 rings (SSSR count). The van der Waals surface area contributed by atoms with E-state index in [9.17, 15) is 18.0 Å². The third kappa shape index (κ3) is 4.29. The van der Waals surface area contributed by atoms with Gasteiger partial charge in [0.15, 0.2) is 9.84 Å². The normalized spacial score (nSPS) is 11.2. The highest BCUT2D eigenvalue weighted by atomic mass is 32.2. The van der Waals surface area contributed by atoms with Crippen LogP contribution < -0.4 is 10.9 Å². The SMILES string of the molecule is Cc1cc(=O)[nH]c(C)c1NC(=O)CCS(=O)(=O)c1ccccc1. The molecule has 1 aromatic carbocycles. The average Bonchev–Trinajstić information content (AvgIpc) is 2.50. The lowest BCUT2D eigenvalue weighted by atomic mass is 10.2. The van der Waals surface area contributed by atoms with E-state index in [1.165, 1.54) is 18.2 Å². The van der Waals surface area contributed by atoms with Crippen molar-refractivity contribution >= 4 is 21.4 Å². The first kappa shape index (κ1) is 17.0. The lowest BCUT2D eigenvalue weighted by Gasteiger charge is -2.11. The van der Waals surface area contributed by atoms with E-state index in [1.54, 1.807) is 32.0 Å². The first-order valence-electron chi connectivity index (χ1n) is 7.08. The molecule has 1 amide bonds. The van der Waals surface area contributed by atoms with E-state index in [-0.39, 0.29) is 22.6 Å². The molecule has 122 valence electrons. The van der Waals surface area contributed by atoms with Crippen molar-refractivity contribution in [2.45, 2.75) is 25.2 Å². The Balaban J connectivity index is 2.05. The summed E-state index contributed by atoms with van der Waals surface area (Å²) in [5, 5.41) is 2.66. The second kappa shape index (κ2) is 6.78. The van der Waals surface area contributed by atoms with Gasteiger partial charge in [0.2, 0.25) is 11.5 Å². The zero-order valence-corrected chi connectivity index (χ0v) is 13.7. The lowest BCUT2D eigenvalue weighted by Crippen LogP contribution is -2.20. The first-order valence-corrected chi connectivity index (χ1v) is 8.73. The summed E-state index contributed by atoms with van der Waals surface area (Å²) in [4.78, 5) is 26.1. The Morgan fingerprint density at radius 3 is 2.43 bits per heavy atom. The van der Waals surface area contributed by atoms with Gasteiger partial charge in [-0.25, -0.2) is 8.42 Å². The molecular formula is C16H18N2O4S. The summed E-state index contributed by atoms with van der Waals surface area (Å²) >= 11 is 0. The van der Waals surface area contributed by atoms with E-state index in [4.69, 9.17) is 0 Å². The minimum absolute atomic E-state index is 0.158. The minimum Gasteiger partial charge on any atom is -0.324 e. The molecule has 6 nitrogen and oxygen atoms in total. The molecule has 0 bridgehead atoms. The number of aromatic amines is 1. The summed E-state index contributed by atoms with van der Waals surface area (Å²) in [5.74, 6) is -0.688. The van der Waals surface area contributed by atoms with Crippen molar-refractivity contribution in [1.29, 1.82) is 0 Å². The summed E-state index contributed by atoms with van der Waals surface area (Å²) in [7, 11) is -3.49. The van der Waals surface area contributed by atoms with Gasteiger partial charge in [-0.3, -0.25) is 9.59 Å². The number of pyridine rings is 1. The molecule has 1 heterocycles. The molecule has 0 saturated heterocycles. The number of nitrogens with one attached hydrogen (secondary N) is 2. The van der Waals surface area contributed by atoms with Crippen molar-refractivity contribution < 1.29 is 13.2 Å². The highest BCUT2D eigenvalue weighted by molar-refractivity contribution is 7.91. The van der Waals surface area contributed by atoms with E-state index < -0.39 is 15.7 Å². The van der Waals surface area contributed by atoms with Crippen LogP contribution in [-0.2, 0) is 14.6 Å². The summed E-state index contributed by atoms with van der Waals surface area (Å²) < 4.78 is 24.3. The van der Waals surface area contributed by atoms with E-state index in [0.29, 0.717) is 16.9 Å². The smallest absolute Gasteiger partial charge is 0.248 e. The molecule has 0 unspecified atom stereocenters. The van der Waals surface area contributed by atoms with Crippen molar-refractivity contribution in [3.63, 3.8) is 0 Å². The number of hydrogen-bond acceptors (Lipinski definition) is 4. The van der Waals surface area contributed by atoms with Crippen LogP contribution in [0.4, 0.5) is 5.69 Å². The molecule has 0 saturated carbocycles. The Bertz CT molecular complexity index is 844. The number of aromatic nitrogens is 1. The molecule has 0 fully saturated rings. The van der Waals surface area contributed by atoms with Gasteiger partial charge in [-0.2, -0.15) is 0 Å². The summed E-state index contributed by atoms with van der Waals surface area (Å²) in [5.41, 5.74) is 1.43. The zero-order valence-electron chi connectivity index (χ0n) is 12.9. The molecular weight excluding hydrogens is 316 g/mol. The van der Waals surface area contributed by atoms with Crippen LogP contribution in [0.3, 0.4) is 0 Å². The summed E-state index contributed by atoms with van der Waals surface area (Å²) in [6, 6.07) is 9.39. The van der Waals surface area contributed by atoms with Crippen molar-refractivity contribution in [3.05, 3.63) is 58.0 Å². The third-order valence-corrected chi connectivity index (χ3v) is 5.12. The zero-order chi connectivity index (χ0) is 17.0. The highest BCUT2D eigenvalue weighted by Crippen LogP contribution is 2.16. The van der Waals surface area contributed by atoms with Crippen LogP contribution in [0.1, 0.15) is 17.7 Å². The number of aryl methyl sites for hydroxylation is 2. The largest absolute Gasteiger partial charge is 0.324 e. The second-order valence-corrected chi connectivity index (χ2v) is 7.36. The monoisotopic (exact) mass is 334 g/mol. The molecule has 23 heavy (non-hydrogen) atoms. The van der Waals surface area contributed by atoms with Gasteiger partial charge in [0.1, 0.15) is 0 Å².